The van der Waals surface area contributed by atoms with Crippen LogP contribution in [-0.2, 0) is 0 Å². The Morgan fingerprint density at radius 3 is 2.61 bits per heavy atom. The van der Waals surface area contributed by atoms with Crippen molar-refractivity contribution in [3.8, 4) is 0 Å². The van der Waals surface area contributed by atoms with Gasteiger partial charge in [-0.2, -0.15) is 0 Å². The number of nitrogens with one attached hydrogen (secondary N) is 1. The monoisotopic (exact) mass is 250 g/mol. The minimum Gasteiger partial charge on any atom is -0.436 e. The number of nitrogens with zero attached hydrogens (tertiary/aromatic N) is 1. The van der Waals surface area contributed by atoms with Gasteiger partial charge in [-0.1, -0.05) is 33.1 Å². The lowest BCUT2D eigenvalue weighted by Crippen LogP contribution is -2.36. The highest BCUT2D eigenvalue weighted by Gasteiger charge is 2.24. The van der Waals surface area contributed by atoms with Gasteiger partial charge in [0.1, 0.15) is 0 Å². The fourth-order valence-electron chi connectivity index (χ4n) is 2.50. The molecule has 0 radical (unpaired) electrons. The summed E-state index contributed by atoms with van der Waals surface area (Å²) >= 11 is 0. The van der Waals surface area contributed by atoms with Gasteiger partial charge in [-0.15, -0.1) is 0 Å². The van der Waals surface area contributed by atoms with E-state index in [1.807, 2.05) is 13.8 Å². The highest BCUT2D eigenvalue weighted by Crippen LogP contribution is 2.22. The molecule has 0 spiro atoms. The molecule has 1 aromatic heterocycles. The average Bonchev–Trinajstić information content (AvgIpc) is 2.73. The molecule has 0 atom stereocenters. The third-order valence-corrected chi connectivity index (χ3v) is 3.45. The maximum Gasteiger partial charge on any atom is 0.289 e. The summed E-state index contributed by atoms with van der Waals surface area (Å²) in [6.45, 7) is 5.83. The van der Waals surface area contributed by atoms with Crippen molar-refractivity contribution in [3.63, 3.8) is 0 Å². The van der Waals surface area contributed by atoms with E-state index < -0.39 is 0 Å². The van der Waals surface area contributed by atoms with Crippen molar-refractivity contribution in [2.24, 2.45) is 0 Å². The summed E-state index contributed by atoms with van der Waals surface area (Å²) in [5.41, 5.74) is 0.765. The van der Waals surface area contributed by atoms with Crippen LogP contribution in [0.3, 0.4) is 0 Å². The van der Waals surface area contributed by atoms with Crippen LogP contribution in [0.5, 0.6) is 0 Å². The molecule has 0 bridgehead atoms. The molecule has 0 aromatic carbocycles. The van der Waals surface area contributed by atoms with E-state index >= 15 is 0 Å². The number of aromatic nitrogens is 1. The quantitative estimate of drug-likeness (QED) is 0.896. The van der Waals surface area contributed by atoms with Gasteiger partial charge in [0.2, 0.25) is 5.76 Å². The molecule has 18 heavy (non-hydrogen) atoms. The maximum atomic E-state index is 12.2. The Labute approximate surface area is 108 Å². The average molecular weight is 250 g/mol. The van der Waals surface area contributed by atoms with Crippen LogP contribution in [0, 0.1) is 6.92 Å². The number of carbonyl (C=O) groups excluding carboxylic acids is 1. The summed E-state index contributed by atoms with van der Waals surface area (Å²) < 4.78 is 5.46. The number of hydrogen-bond acceptors (Lipinski definition) is 3. The third-order valence-electron chi connectivity index (χ3n) is 3.45. The lowest BCUT2D eigenvalue weighted by molar-refractivity contribution is 0.0896. The third kappa shape index (κ3) is 2.92. The Morgan fingerprint density at radius 2 is 2.00 bits per heavy atom. The molecule has 0 aliphatic heterocycles. The molecule has 0 saturated heterocycles. The highest BCUT2D eigenvalue weighted by atomic mass is 16.4. The lowest BCUT2D eigenvalue weighted by atomic mass is 9.95. The van der Waals surface area contributed by atoms with Gasteiger partial charge >= 0.3 is 0 Å². The van der Waals surface area contributed by atoms with E-state index in [9.17, 15) is 4.79 Å². The molecule has 1 aliphatic carbocycles. The molecular weight excluding hydrogens is 228 g/mol. The molecule has 1 aromatic rings. The highest BCUT2D eigenvalue weighted by molar-refractivity contribution is 5.92. The summed E-state index contributed by atoms with van der Waals surface area (Å²) in [5, 5.41) is 3.07. The van der Waals surface area contributed by atoms with Crippen molar-refractivity contribution in [1.29, 1.82) is 0 Å². The van der Waals surface area contributed by atoms with Crippen LogP contribution in [-0.4, -0.2) is 16.9 Å². The Bertz CT molecular complexity index is 417. The Balaban J connectivity index is 2.08. The first kappa shape index (κ1) is 13.1. The van der Waals surface area contributed by atoms with Crippen LogP contribution in [0.4, 0.5) is 0 Å². The molecule has 1 saturated carbocycles. The lowest BCUT2D eigenvalue weighted by Gasteiger charge is -2.22. The summed E-state index contributed by atoms with van der Waals surface area (Å²) in [6, 6.07) is 0.302. The van der Waals surface area contributed by atoms with Crippen LogP contribution in [0.15, 0.2) is 4.42 Å². The number of amides is 1. The van der Waals surface area contributed by atoms with E-state index in [4.69, 9.17) is 4.42 Å². The van der Waals surface area contributed by atoms with Crippen molar-refractivity contribution in [3.05, 3.63) is 17.3 Å². The second-order valence-corrected chi connectivity index (χ2v) is 5.41. The van der Waals surface area contributed by atoms with Crippen LogP contribution in [0.25, 0.3) is 0 Å². The molecule has 0 unspecified atom stereocenters. The molecule has 1 aliphatic rings. The van der Waals surface area contributed by atoms with E-state index in [1.54, 1.807) is 6.92 Å². The number of oxazole rings is 1. The van der Waals surface area contributed by atoms with E-state index in [0.29, 0.717) is 17.7 Å². The van der Waals surface area contributed by atoms with Gasteiger partial charge in [-0.3, -0.25) is 4.79 Å². The van der Waals surface area contributed by atoms with Crippen molar-refractivity contribution in [2.75, 3.05) is 0 Å². The predicted molar refractivity (Wildman–Crippen MR) is 69.7 cm³/mol. The summed E-state index contributed by atoms with van der Waals surface area (Å²) in [5.74, 6) is 1.06. The standard InChI is InChI=1S/C14H22N2O2/c1-9(2)12-13(18-10(3)15-12)14(17)16-11-7-5-4-6-8-11/h9,11H,4-8H2,1-3H3,(H,16,17). The van der Waals surface area contributed by atoms with Crippen molar-refractivity contribution >= 4 is 5.91 Å². The number of aryl methyl sites for hydroxylation is 1. The number of carbonyl (C=O) groups is 1. The van der Waals surface area contributed by atoms with Gasteiger partial charge in [-0.05, 0) is 18.8 Å². The normalized spacial score (nSPS) is 17.1. The smallest absolute Gasteiger partial charge is 0.289 e. The predicted octanol–water partition coefficient (Wildman–Crippen LogP) is 3.17. The van der Waals surface area contributed by atoms with Crippen molar-refractivity contribution in [1.82, 2.24) is 10.3 Å². The van der Waals surface area contributed by atoms with E-state index in [2.05, 4.69) is 10.3 Å². The second-order valence-electron chi connectivity index (χ2n) is 5.41. The zero-order chi connectivity index (χ0) is 13.1. The van der Waals surface area contributed by atoms with Crippen LogP contribution < -0.4 is 5.32 Å². The molecule has 2 rings (SSSR count). The maximum absolute atomic E-state index is 12.2. The summed E-state index contributed by atoms with van der Waals surface area (Å²) in [4.78, 5) is 16.5. The SMILES string of the molecule is Cc1nc(C(C)C)c(C(=O)NC2CCCCC2)o1. The van der Waals surface area contributed by atoms with Crippen molar-refractivity contribution < 1.29 is 9.21 Å². The van der Waals surface area contributed by atoms with Gasteiger partial charge in [0.25, 0.3) is 5.91 Å². The van der Waals surface area contributed by atoms with Crippen LogP contribution in [0.2, 0.25) is 0 Å². The van der Waals surface area contributed by atoms with E-state index in [0.717, 1.165) is 18.5 Å². The minimum absolute atomic E-state index is 0.105. The summed E-state index contributed by atoms with van der Waals surface area (Å²) in [6.07, 6.45) is 5.85. The first-order chi connectivity index (χ1) is 8.58. The Hall–Kier alpha value is -1.32. The van der Waals surface area contributed by atoms with Gasteiger partial charge in [0.15, 0.2) is 5.89 Å². The van der Waals surface area contributed by atoms with Crippen LogP contribution >= 0.6 is 0 Å². The molecule has 1 N–H and O–H groups in total. The summed E-state index contributed by atoms with van der Waals surface area (Å²) in [7, 11) is 0. The molecule has 4 nitrogen and oxygen atoms in total. The molecule has 1 heterocycles. The second kappa shape index (κ2) is 5.55. The molecule has 1 fully saturated rings. The first-order valence-electron chi connectivity index (χ1n) is 6.86. The topological polar surface area (TPSA) is 55.1 Å². The van der Waals surface area contributed by atoms with Gasteiger partial charge < -0.3 is 9.73 Å². The molecular formula is C14H22N2O2. The molecule has 100 valence electrons. The molecule has 4 heteroatoms. The van der Waals surface area contributed by atoms with Crippen molar-refractivity contribution in [2.45, 2.75) is 64.8 Å². The van der Waals surface area contributed by atoms with E-state index in [1.165, 1.54) is 19.3 Å². The number of hydrogen-bond donors (Lipinski definition) is 1. The minimum atomic E-state index is -0.105. The van der Waals surface area contributed by atoms with Gasteiger partial charge in [-0.25, -0.2) is 4.98 Å². The Kier molecular flexibility index (Phi) is 4.04. The Morgan fingerprint density at radius 1 is 1.33 bits per heavy atom. The van der Waals surface area contributed by atoms with E-state index in [-0.39, 0.29) is 11.8 Å². The molecule has 1 amide bonds. The first-order valence-corrected chi connectivity index (χ1v) is 6.86. The van der Waals surface area contributed by atoms with Gasteiger partial charge in [0, 0.05) is 13.0 Å². The zero-order valence-corrected chi connectivity index (χ0v) is 11.5. The zero-order valence-electron chi connectivity index (χ0n) is 11.5. The fourth-order valence-corrected chi connectivity index (χ4v) is 2.50. The number of rotatable bonds is 3. The van der Waals surface area contributed by atoms with Crippen LogP contribution in [0.1, 0.15) is 74.0 Å². The van der Waals surface area contributed by atoms with Gasteiger partial charge in [0.05, 0.1) is 5.69 Å². The largest absolute Gasteiger partial charge is 0.436 e. The fraction of sp³-hybridized carbons (Fsp3) is 0.714.